The molecule has 1 aliphatic heterocycles. The maximum absolute atomic E-state index is 9.69. The Bertz CT molecular complexity index is 1040. The third-order valence-electron chi connectivity index (χ3n) is 6.38. The number of aromatic nitrogens is 3. The molecule has 164 valence electrons. The Balaban J connectivity index is 1.76. The summed E-state index contributed by atoms with van der Waals surface area (Å²) in [4.78, 5) is 12.1. The number of nitrogens with zero attached hydrogens (tertiary/aromatic N) is 4. The number of hydrogen-bond donors (Lipinski definition) is 2. The molecular weight excluding hydrogens is 391 g/mol. The van der Waals surface area contributed by atoms with Crippen LogP contribution in [-0.2, 0) is 11.3 Å². The molecule has 1 fully saturated rings. The predicted octanol–water partition coefficient (Wildman–Crippen LogP) is 2.50. The lowest BCUT2D eigenvalue weighted by atomic mass is 9.77. The molecule has 1 aromatic carbocycles. The molecule has 0 radical (unpaired) electrons. The van der Waals surface area contributed by atoms with Crippen molar-refractivity contribution in [1.29, 1.82) is 0 Å². The van der Waals surface area contributed by atoms with Gasteiger partial charge in [0.2, 0.25) is 0 Å². The van der Waals surface area contributed by atoms with E-state index in [1.807, 2.05) is 26.1 Å². The van der Waals surface area contributed by atoms with Crippen LogP contribution in [0.4, 0.5) is 5.82 Å². The van der Waals surface area contributed by atoms with E-state index >= 15 is 0 Å². The first-order chi connectivity index (χ1) is 14.9. The molecule has 8 heteroatoms. The number of aryl methyl sites for hydroxylation is 1. The van der Waals surface area contributed by atoms with Crippen LogP contribution in [-0.4, -0.2) is 57.0 Å². The Labute approximate surface area is 183 Å². The van der Waals surface area contributed by atoms with Gasteiger partial charge in [-0.3, -0.25) is 0 Å². The number of benzene rings is 1. The van der Waals surface area contributed by atoms with Crippen molar-refractivity contribution in [3.05, 3.63) is 36.0 Å². The average molecular weight is 422 g/mol. The van der Waals surface area contributed by atoms with Crippen LogP contribution in [0.5, 0.6) is 0 Å². The first-order valence-corrected chi connectivity index (χ1v) is 11.1. The number of pyridine rings is 1. The van der Waals surface area contributed by atoms with Gasteiger partial charge in [0.1, 0.15) is 11.6 Å². The van der Waals surface area contributed by atoms with E-state index in [2.05, 4.69) is 35.4 Å². The van der Waals surface area contributed by atoms with Crippen molar-refractivity contribution >= 4 is 29.4 Å². The number of rotatable bonds is 7. The second kappa shape index (κ2) is 8.98. The van der Waals surface area contributed by atoms with Gasteiger partial charge in [-0.2, -0.15) is 0 Å². The van der Waals surface area contributed by atoms with Crippen molar-refractivity contribution in [3.63, 3.8) is 0 Å². The molecule has 0 unspecified atom stereocenters. The van der Waals surface area contributed by atoms with Crippen molar-refractivity contribution in [3.8, 4) is 11.4 Å². The summed E-state index contributed by atoms with van der Waals surface area (Å²) in [6, 6.07) is 8.80. The quantitative estimate of drug-likeness (QED) is 0.450. The highest BCUT2D eigenvalue weighted by Gasteiger charge is 2.28. The Hall–Kier alpha value is -2.42. The molecular formula is C23H31BN4O3. The first kappa shape index (κ1) is 21.8. The van der Waals surface area contributed by atoms with Crippen LogP contribution in [0.1, 0.15) is 39.2 Å². The third-order valence-corrected chi connectivity index (χ3v) is 6.38. The molecule has 7 nitrogen and oxygen atoms in total. The molecule has 0 amide bonds. The molecule has 3 aromatic rings. The number of hydrogen-bond acceptors (Lipinski definition) is 6. The number of imidazole rings is 1. The minimum Gasteiger partial charge on any atom is -0.423 e. The summed E-state index contributed by atoms with van der Waals surface area (Å²) in [5, 5.41) is 19.4. The van der Waals surface area contributed by atoms with Crippen LogP contribution in [0.3, 0.4) is 0 Å². The molecule has 1 saturated heterocycles. The van der Waals surface area contributed by atoms with Crippen molar-refractivity contribution in [1.82, 2.24) is 14.5 Å². The molecule has 2 aromatic heterocycles. The SMILES string of the molecule is CCOCCn1c(-c2ccc(N3[C@@H](C)CC[C@@H]3C)nc2)nc2c(C)c(B(O)O)ccc21. The van der Waals surface area contributed by atoms with E-state index < -0.39 is 7.12 Å². The minimum atomic E-state index is -1.52. The van der Waals surface area contributed by atoms with E-state index in [0.29, 0.717) is 37.3 Å². The van der Waals surface area contributed by atoms with E-state index in [1.54, 1.807) is 6.07 Å². The van der Waals surface area contributed by atoms with Gasteiger partial charge >= 0.3 is 7.12 Å². The molecule has 1 aliphatic rings. The Morgan fingerprint density at radius 3 is 2.48 bits per heavy atom. The van der Waals surface area contributed by atoms with Gasteiger partial charge in [0, 0.05) is 37.0 Å². The normalized spacial score (nSPS) is 18.8. The van der Waals surface area contributed by atoms with Gasteiger partial charge in [0.25, 0.3) is 0 Å². The van der Waals surface area contributed by atoms with Crippen LogP contribution >= 0.6 is 0 Å². The number of ether oxygens (including phenoxy) is 1. The zero-order valence-electron chi connectivity index (χ0n) is 18.7. The minimum absolute atomic E-state index is 0.471. The number of anilines is 1. The highest BCUT2D eigenvalue weighted by molar-refractivity contribution is 6.59. The Morgan fingerprint density at radius 2 is 1.87 bits per heavy atom. The maximum Gasteiger partial charge on any atom is 0.488 e. The number of fused-ring (bicyclic) bond motifs is 1. The average Bonchev–Trinajstić information content (AvgIpc) is 3.29. The predicted molar refractivity (Wildman–Crippen MR) is 125 cm³/mol. The van der Waals surface area contributed by atoms with Crippen molar-refractivity contribution in [2.24, 2.45) is 0 Å². The lowest BCUT2D eigenvalue weighted by Gasteiger charge is -2.27. The van der Waals surface area contributed by atoms with E-state index in [9.17, 15) is 10.0 Å². The molecule has 0 aliphatic carbocycles. The molecule has 0 bridgehead atoms. The summed E-state index contributed by atoms with van der Waals surface area (Å²) in [5.41, 5.74) is 3.89. The molecule has 31 heavy (non-hydrogen) atoms. The van der Waals surface area contributed by atoms with E-state index in [1.165, 1.54) is 12.8 Å². The largest absolute Gasteiger partial charge is 0.488 e. The van der Waals surface area contributed by atoms with Crippen LogP contribution in [0.25, 0.3) is 22.4 Å². The van der Waals surface area contributed by atoms with Crippen LogP contribution in [0.2, 0.25) is 0 Å². The molecule has 2 N–H and O–H groups in total. The monoisotopic (exact) mass is 422 g/mol. The van der Waals surface area contributed by atoms with Crippen LogP contribution < -0.4 is 10.4 Å². The summed E-state index contributed by atoms with van der Waals surface area (Å²) in [6.07, 6.45) is 4.27. The fraction of sp³-hybridized carbons (Fsp3) is 0.478. The van der Waals surface area contributed by atoms with Gasteiger partial charge in [-0.1, -0.05) is 6.07 Å². The summed E-state index contributed by atoms with van der Waals surface area (Å²) in [6.45, 7) is 10.2. The van der Waals surface area contributed by atoms with Gasteiger partial charge in [0.15, 0.2) is 0 Å². The van der Waals surface area contributed by atoms with Gasteiger partial charge in [0.05, 0.1) is 17.6 Å². The molecule has 2 atom stereocenters. The highest BCUT2D eigenvalue weighted by atomic mass is 16.5. The van der Waals surface area contributed by atoms with Crippen molar-refractivity contribution < 1.29 is 14.8 Å². The lowest BCUT2D eigenvalue weighted by molar-refractivity contribution is 0.140. The Kier molecular flexibility index (Phi) is 6.32. The summed E-state index contributed by atoms with van der Waals surface area (Å²) < 4.78 is 7.73. The molecule has 3 heterocycles. The maximum atomic E-state index is 9.69. The van der Waals surface area contributed by atoms with Crippen molar-refractivity contribution in [2.45, 2.75) is 59.2 Å². The first-order valence-electron chi connectivity index (χ1n) is 11.1. The zero-order valence-corrected chi connectivity index (χ0v) is 18.7. The van der Waals surface area contributed by atoms with E-state index in [-0.39, 0.29) is 0 Å². The van der Waals surface area contributed by atoms with Gasteiger partial charge in [-0.25, -0.2) is 9.97 Å². The summed E-state index contributed by atoms with van der Waals surface area (Å²) in [5.74, 6) is 1.81. The molecule has 0 saturated carbocycles. The fourth-order valence-electron chi connectivity index (χ4n) is 4.69. The smallest absolute Gasteiger partial charge is 0.423 e. The topological polar surface area (TPSA) is 83.6 Å². The van der Waals surface area contributed by atoms with Gasteiger partial charge in [-0.15, -0.1) is 0 Å². The van der Waals surface area contributed by atoms with Crippen LogP contribution in [0.15, 0.2) is 30.5 Å². The van der Waals surface area contributed by atoms with E-state index in [4.69, 9.17) is 14.7 Å². The summed E-state index contributed by atoms with van der Waals surface area (Å²) >= 11 is 0. The van der Waals surface area contributed by atoms with Gasteiger partial charge < -0.3 is 24.3 Å². The van der Waals surface area contributed by atoms with E-state index in [0.717, 1.165) is 33.8 Å². The standard InChI is InChI=1S/C23H31BN4O3/c1-5-31-13-12-27-20-10-9-19(24(29)30)17(4)22(20)26-23(27)18-8-11-21(25-14-18)28-15(2)6-7-16(28)3/h8-11,14-16,29-30H,5-7,12-13H2,1-4H3/t15-,16-/m0/s1. The molecule has 4 rings (SSSR count). The third kappa shape index (κ3) is 4.07. The lowest BCUT2D eigenvalue weighted by Crippen LogP contribution is -2.33. The second-order valence-corrected chi connectivity index (χ2v) is 8.39. The zero-order chi connectivity index (χ0) is 22.1. The fourth-order valence-corrected chi connectivity index (χ4v) is 4.69. The van der Waals surface area contributed by atoms with Gasteiger partial charge in [-0.05, 0) is 69.8 Å². The highest BCUT2D eigenvalue weighted by Crippen LogP contribution is 2.31. The molecule has 0 spiro atoms. The summed E-state index contributed by atoms with van der Waals surface area (Å²) in [7, 11) is -1.52. The second-order valence-electron chi connectivity index (χ2n) is 8.39. The van der Waals surface area contributed by atoms with Crippen LogP contribution in [0, 0.1) is 6.92 Å². The van der Waals surface area contributed by atoms with Crippen molar-refractivity contribution in [2.75, 3.05) is 18.1 Å². The Morgan fingerprint density at radius 1 is 1.13 bits per heavy atom.